The highest BCUT2D eigenvalue weighted by Crippen LogP contribution is 2.21. The Morgan fingerprint density at radius 2 is 1.39 bits per heavy atom. The van der Waals surface area contributed by atoms with E-state index in [1.807, 2.05) is 17.0 Å². The van der Waals surface area contributed by atoms with Crippen LogP contribution in [0.15, 0.2) is 36.4 Å². The molecular weight excluding hydrogens is 381 g/mol. The Morgan fingerprint density at radius 1 is 0.821 bits per heavy atom. The summed E-state index contributed by atoms with van der Waals surface area (Å²) in [6.45, 7) is 3.82. The van der Waals surface area contributed by atoms with Crippen LogP contribution in [0.5, 0.6) is 0 Å². The molecule has 0 N–H and O–H groups in total. The van der Waals surface area contributed by atoms with Crippen LogP contribution in [0.1, 0.15) is 18.4 Å². The quantitative estimate of drug-likeness (QED) is 0.756. The first kappa shape index (κ1) is 19.1. The number of halogens is 1. The van der Waals surface area contributed by atoms with Crippen LogP contribution in [0, 0.1) is 5.82 Å². The van der Waals surface area contributed by atoms with Crippen molar-refractivity contribution in [1.29, 1.82) is 0 Å². The lowest BCUT2D eigenvalue weighted by atomic mass is 10.2. The molecule has 2 fully saturated rings. The van der Waals surface area contributed by atoms with Crippen LogP contribution >= 0.6 is 0 Å². The van der Waals surface area contributed by atoms with Crippen molar-refractivity contribution in [2.24, 2.45) is 0 Å². The van der Waals surface area contributed by atoms with E-state index in [4.69, 9.17) is 0 Å². The fourth-order valence-corrected chi connectivity index (χ4v) is 5.23. The fraction of sp³-hybridized carbons (Fsp3) is 0.474. The van der Waals surface area contributed by atoms with E-state index in [2.05, 4.69) is 15.1 Å². The lowest BCUT2D eigenvalue weighted by Crippen LogP contribution is -2.49. The maximum Gasteiger partial charge on any atom is 0.218 e. The van der Waals surface area contributed by atoms with Gasteiger partial charge in [-0.2, -0.15) is 4.31 Å². The van der Waals surface area contributed by atoms with Crippen LogP contribution in [-0.2, 0) is 15.8 Å². The summed E-state index contributed by atoms with van der Waals surface area (Å²) >= 11 is 0. The number of anilines is 2. The average molecular weight is 405 g/mol. The second kappa shape index (κ2) is 8.00. The van der Waals surface area contributed by atoms with Gasteiger partial charge in [-0.1, -0.05) is 18.2 Å². The van der Waals surface area contributed by atoms with Crippen LogP contribution < -0.4 is 9.80 Å². The zero-order valence-corrected chi connectivity index (χ0v) is 16.5. The van der Waals surface area contributed by atoms with Gasteiger partial charge in [-0.25, -0.2) is 12.8 Å². The minimum atomic E-state index is -3.56. The first-order chi connectivity index (χ1) is 13.5. The molecular formula is C19H24FN5O2S. The third kappa shape index (κ3) is 4.10. The molecule has 0 radical (unpaired) electrons. The van der Waals surface area contributed by atoms with Gasteiger partial charge in [0.2, 0.25) is 10.0 Å². The lowest BCUT2D eigenvalue weighted by molar-refractivity contribution is 0.382. The maximum absolute atomic E-state index is 13.8. The van der Waals surface area contributed by atoms with Gasteiger partial charge in [-0.15, -0.1) is 10.2 Å². The molecule has 1 aromatic carbocycles. The molecule has 0 atom stereocenters. The Hall–Kier alpha value is -2.26. The predicted octanol–water partition coefficient (Wildman–Crippen LogP) is 1.87. The summed E-state index contributed by atoms with van der Waals surface area (Å²) in [6, 6.07) is 9.93. The van der Waals surface area contributed by atoms with E-state index >= 15 is 0 Å². The molecule has 2 aliphatic rings. The molecule has 2 saturated heterocycles. The topological polar surface area (TPSA) is 69.6 Å². The Balaban J connectivity index is 1.37. The molecule has 3 heterocycles. The highest BCUT2D eigenvalue weighted by atomic mass is 32.2. The normalized spacial score (nSPS) is 18.6. The number of sulfonamides is 1. The van der Waals surface area contributed by atoms with Gasteiger partial charge >= 0.3 is 0 Å². The van der Waals surface area contributed by atoms with E-state index in [9.17, 15) is 12.8 Å². The minimum Gasteiger partial charge on any atom is -0.355 e. The Labute approximate surface area is 164 Å². The first-order valence-corrected chi connectivity index (χ1v) is 11.2. The molecule has 0 unspecified atom stereocenters. The van der Waals surface area contributed by atoms with Gasteiger partial charge in [-0.3, -0.25) is 0 Å². The van der Waals surface area contributed by atoms with Gasteiger partial charge < -0.3 is 9.80 Å². The molecule has 0 bridgehead atoms. The van der Waals surface area contributed by atoms with Gasteiger partial charge in [0, 0.05) is 44.8 Å². The molecule has 0 saturated carbocycles. The highest BCUT2D eigenvalue weighted by Gasteiger charge is 2.28. The number of benzene rings is 1. The monoisotopic (exact) mass is 405 g/mol. The van der Waals surface area contributed by atoms with Gasteiger partial charge in [0.25, 0.3) is 0 Å². The smallest absolute Gasteiger partial charge is 0.218 e. The summed E-state index contributed by atoms with van der Waals surface area (Å²) in [7, 11) is -3.56. The van der Waals surface area contributed by atoms with Crippen LogP contribution in [0.2, 0.25) is 0 Å². The molecule has 2 aliphatic heterocycles. The molecule has 0 amide bonds. The second-order valence-corrected chi connectivity index (χ2v) is 9.15. The first-order valence-electron chi connectivity index (χ1n) is 9.58. The third-order valence-corrected chi connectivity index (χ3v) is 7.15. The van der Waals surface area contributed by atoms with Gasteiger partial charge in [0.05, 0.1) is 5.75 Å². The largest absolute Gasteiger partial charge is 0.355 e. The lowest BCUT2D eigenvalue weighted by Gasteiger charge is -2.34. The number of nitrogens with zero attached hydrogens (tertiary/aromatic N) is 5. The van der Waals surface area contributed by atoms with E-state index in [0.717, 1.165) is 24.7 Å². The zero-order chi connectivity index (χ0) is 19.6. The number of rotatable bonds is 5. The Kier molecular flexibility index (Phi) is 5.45. The molecule has 150 valence electrons. The van der Waals surface area contributed by atoms with Crippen molar-refractivity contribution >= 4 is 21.7 Å². The fourth-order valence-electron chi connectivity index (χ4n) is 3.70. The van der Waals surface area contributed by atoms with Gasteiger partial charge in [0.1, 0.15) is 5.82 Å². The summed E-state index contributed by atoms with van der Waals surface area (Å²) in [5, 5.41) is 8.66. The van der Waals surface area contributed by atoms with Crippen LogP contribution in [0.4, 0.5) is 16.0 Å². The summed E-state index contributed by atoms with van der Waals surface area (Å²) in [5.74, 6) is 0.851. The predicted molar refractivity (Wildman–Crippen MR) is 106 cm³/mol. The number of hydrogen-bond donors (Lipinski definition) is 0. The standard InChI is InChI=1S/C19H24FN5O2S/c20-17-6-2-1-5-16(17)15-28(26,27)25-13-11-24(12-14-25)19-8-7-18(21-22-19)23-9-3-4-10-23/h1-2,5-8H,3-4,9-15H2. The van der Waals surface area contributed by atoms with E-state index in [1.165, 1.54) is 29.3 Å². The van der Waals surface area contributed by atoms with E-state index in [-0.39, 0.29) is 11.3 Å². The molecule has 2 aromatic rings. The average Bonchev–Trinajstić information content (AvgIpc) is 3.25. The van der Waals surface area contributed by atoms with Crippen LogP contribution in [0.25, 0.3) is 0 Å². The van der Waals surface area contributed by atoms with Crippen molar-refractivity contribution in [3.8, 4) is 0 Å². The van der Waals surface area contributed by atoms with Crippen molar-refractivity contribution in [2.45, 2.75) is 18.6 Å². The summed E-state index contributed by atoms with van der Waals surface area (Å²) in [5.41, 5.74) is 0.202. The summed E-state index contributed by atoms with van der Waals surface area (Å²) < 4.78 is 40.5. The van der Waals surface area contributed by atoms with Crippen molar-refractivity contribution < 1.29 is 12.8 Å². The minimum absolute atomic E-state index is 0.202. The van der Waals surface area contributed by atoms with Gasteiger partial charge in [-0.05, 0) is 31.0 Å². The van der Waals surface area contributed by atoms with Crippen LogP contribution in [0.3, 0.4) is 0 Å². The van der Waals surface area contributed by atoms with E-state index in [1.54, 1.807) is 12.1 Å². The molecule has 28 heavy (non-hydrogen) atoms. The van der Waals surface area contributed by atoms with Crippen LogP contribution in [-0.4, -0.2) is 62.2 Å². The van der Waals surface area contributed by atoms with Crippen molar-refractivity contribution in [1.82, 2.24) is 14.5 Å². The number of aromatic nitrogens is 2. The van der Waals surface area contributed by atoms with Crippen molar-refractivity contribution in [3.63, 3.8) is 0 Å². The highest BCUT2D eigenvalue weighted by molar-refractivity contribution is 7.88. The number of hydrogen-bond acceptors (Lipinski definition) is 6. The SMILES string of the molecule is O=S(=O)(Cc1ccccc1F)N1CCN(c2ccc(N3CCCC3)nn2)CC1. The van der Waals surface area contributed by atoms with Crippen molar-refractivity contribution in [3.05, 3.63) is 47.8 Å². The Bertz CT molecular complexity index is 908. The summed E-state index contributed by atoms with van der Waals surface area (Å²) in [4.78, 5) is 4.26. The molecule has 4 rings (SSSR count). The molecule has 0 aliphatic carbocycles. The molecule has 9 heteroatoms. The maximum atomic E-state index is 13.8. The third-order valence-electron chi connectivity index (χ3n) is 5.32. The molecule has 0 spiro atoms. The van der Waals surface area contributed by atoms with E-state index < -0.39 is 15.8 Å². The van der Waals surface area contributed by atoms with E-state index in [0.29, 0.717) is 26.2 Å². The van der Waals surface area contributed by atoms with Gasteiger partial charge in [0.15, 0.2) is 11.6 Å². The van der Waals surface area contributed by atoms with Crippen molar-refractivity contribution in [2.75, 3.05) is 49.1 Å². The second-order valence-electron chi connectivity index (χ2n) is 7.18. The zero-order valence-electron chi connectivity index (χ0n) is 15.7. The summed E-state index contributed by atoms with van der Waals surface area (Å²) in [6.07, 6.45) is 2.37. The number of piperazine rings is 1. The Morgan fingerprint density at radius 3 is 1.96 bits per heavy atom. The molecule has 7 nitrogen and oxygen atoms in total. The molecule has 1 aromatic heterocycles.